The number of carbonyl (C=O) groups is 1. The Hall–Kier alpha value is -2.30. The fraction of sp³-hybridized carbons (Fsp3) is 0.188. The van der Waals surface area contributed by atoms with E-state index >= 15 is 0 Å². The van der Waals surface area contributed by atoms with E-state index < -0.39 is 23.3 Å². The van der Waals surface area contributed by atoms with Crippen LogP contribution < -0.4 is 0 Å². The Morgan fingerprint density at radius 2 is 1.76 bits per heavy atom. The van der Waals surface area contributed by atoms with Crippen LogP contribution in [0.4, 0.5) is 13.2 Å². The molecule has 0 bridgehead atoms. The Labute approximate surface area is 120 Å². The van der Waals surface area contributed by atoms with E-state index in [0.717, 1.165) is 24.8 Å². The number of carbonyl (C=O) groups excluding carboxylic acids is 1. The lowest BCUT2D eigenvalue weighted by Gasteiger charge is -2.14. The van der Waals surface area contributed by atoms with E-state index in [4.69, 9.17) is 0 Å². The first-order valence-corrected chi connectivity index (χ1v) is 6.20. The van der Waals surface area contributed by atoms with Gasteiger partial charge < -0.3 is 4.74 Å². The standard InChI is InChI=1S/C16H13F3O2/c1-10-5-3-4-6-12(10)11-7-8-13(15(20)21-2)14(9-11)16(17,18)19/h3-9H,1-2H3. The lowest BCUT2D eigenvalue weighted by molar-refractivity contribution is -0.138. The molecule has 0 spiro atoms. The zero-order valence-corrected chi connectivity index (χ0v) is 11.5. The molecule has 2 nitrogen and oxygen atoms in total. The molecule has 0 fully saturated rings. The van der Waals surface area contributed by atoms with Gasteiger partial charge >= 0.3 is 12.1 Å². The van der Waals surface area contributed by atoms with Crippen molar-refractivity contribution < 1.29 is 22.7 Å². The molecule has 0 saturated heterocycles. The van der Waals surface area contributed by atoms with Gasteiger partial charge in [0, 0.05) is 0 Å². The summed E-state index contributed by atoms with van der Waals surface area (Å²) in [6, 6.07) is 10.7. The van der Waals surface area contributed by atoms with Gasteiger partial charge in [0.25, 0.3) is 0 Å². The van der Waals surface area contributed by atoms with Gasteiger partial charge in [-0.2, -0.15) is 13.2 Å². The minimum Gasteiger partial charge on any atom is -0.465 e. The van der Waals surface area contributed by atoms with E-state index in [2.05, 4.69) is 4.74 Å². The SMILES string of the molecule is COC(=O)c1ccc(-c2ccccc2C)cc1C(F)(F)F. The second-order valence-corrected chi connectivity index (χ2v) is 4.56. The van der Waals surface area contributed by atoms with Gasteiger partial charge in [-0.25, -0.2) is 4.79 Å². The molecule has 0 saturated carbocycles. The zero-order valence-electron chi connectivity index (χ0n) is 11.5. The molecule has 0 atom stereocenters. The van der Waals surface area contributed by atoms with Crippen LogP contribution in [0.1, 0.15) is 21.5 Å². The zero-order chi connectivity index (χ0) is 15.6. The molecule has 21 heavy (non-hydrogen) atoms. The number of hydrogen-bond acceptors (Lipinski definition) is 2. The minimum atomic E-state index is -4.62. The van der Waals surface area contributed by atoms with E-state index in [1.807, 2.05) is 19.1 Å². The Bertz CT molecular complexity index is 675. The van der Waals surface area contributed by atoms with Crippen LogP contribution in [-0.4, -0.2) is 13.1 Å². The molecule has 0 aromatic heterocycles. The molecule has 2 aromatic rings. The van der Waals surface area contributed by atoms with Gasteiger partial charge in [0.1, 0.15) is 0 Å². The first-order chi connectivity index (χ1) is 9.84. The molecule has 0 unspecified atom stereocenters. The fourth-order valence-electron chi connectivity index (χ4n) is 2.13. The maximum absolute atomic E-state index is 13.1. The summed E-state index contributed by atoms with van der Waals surface area (Å²) in [6.45, 7) is 1.82. The maximum Gasteiger partial charge on any atom is 0.417 e. The summed E-state index contributed by atoms with van der Waals surface area (Å²) in [7, 11) is 1.05. The highest BCUT2D eigenvalue weighted by Crippen LogP contribution is 2.35. The Morgan fingerprint density at radius 3 is 2.33 bits per heavy atom. The van der Waals surface area contributed by atoms with Crippen molar-refractivity contribution in [3.8, 4) is 11.1 Å². The summed E-state index contributed by atoms with van der Waals surface area (Å²) >= 11 is 0. The van der Waals surface area contributed by atoms with Gasteiger partial charge in [0.2, 0.25) is 0 Å². The molecule has 2 aromatic carbocycles. The summed E-state index contributed by atoms with van der Waals surface area (Å²) in [5.41, 5.74) is 0.487. The first kappa shape index (κ1) is 15.1. The lowest BCUT2D eigenvalue weighted by Crippen LogP contribution is -2.14. The minimum absolute atomic E-state index is 0.410. The molecule has 0 amide bonds. The molecular formula is C16H13F3O2. The number of ether oxygens (including phenoxy) is 1. The van der Waals surface area contributed by atoms with Gasteiger partial charge in [0.05, 0.1) is 18.2 Å². The highest BCUT2D eigenvalue weighted by Gasteiger charge is 2.36. The van der Waals surface area contributed by atoms with E-state index in [1.54, 1.807) is 12.1 Å². The van der Waals surface area contributed by atoms with Crippen molar-refractivity contribution in [2.45, 2.75) is 13.1 Å². The Balaban J connectivity index is 2.63. The van der Waals surface area contributed by atoms with Gasteiger partial charge in [-0.05, 0) is 35.7 Å². The molecule has 0 heterocycles. The van der Waals surface area contributed by atoms with Crippen LogP contribution >= 0.6 is 0 Å². The van der Waals surface area contributed by atoms with Crippen molar-refractivity contribution in [1.29, 1.82) is 0 Å². The third-order valence-electron chi connectivity index (χ3n) is 3.19. The Morgan fingerprint density at radius 1 is 1.10 bits per heavy atom. The largest absolute Gasteiger partial charge is 0.465 e. The summed E-state index contributed by atoms with van der Waals surface area (Å²) in [5, 5.41) is 0. The highest BCUT2D eigenvalue weighted by molar-refractivity contribution is 5.92. The van der Waals surface area contributed by atoms with Crippen molar-refractivity contribution >= 4 is 5.97 Å². The van der Waals surface area contributed by atoms with Crippen LogP contribution in [0.25, 0.3) is 11.1 Å². The topological polar surface area (TPSA) is 26.3 Å². The number of alkyl halides is 3. The molecule has 0 radical (unpaired) electrons. The summed E-state index contributed by atoms with van der Waals surface area (Å²) in [6.07, 6.45) is -4.62. The van der Waals surface area contributed by atoms with Gasteiger partial charge in [-0.1, -0.05) is 30.3 Å². The quantitative estimate of drug-likeness (QED) is 0.764. The van der Waals surface area contributed by atoms with Crippen molar-refractivity contribution in [2.24, 2.45) is 0 Å². The molecule has 0 N–H and O–H groups in total. The second-order valence-electron chi connectivity index (χ2n) is 4.56. The number of esters is 1. The maximum atomic E-state index is 13.1. The number of hydrogen-bond donors (Lipinski definition) is 0. The van der Waals surface area contributed by atoms with Crippen LogP contribution in [0.15, 0.2) is 42.5 Å². The van der Waals surface area contributed by atoms with Crippen LogP contribution in [0.5, 0.6) is 0 Å². The number of benzene rings is 2. The molecular weight excluding hydrogens is 281 g/mol. The number of methoxy groups -OCH3 is 1. The summed E-state index contributed by atoms with van der Waals surface area (Å²) in [5.74, 6) is -1.00. The first-order valence-electron chi connectivity index (χ1n) is 6.20. The van der Waals surface area contributed by atoms with Gasteiger partial charge in [0.15, 0.2) is 0 Å². The average Bonchev–Trinajstić information content (AvgIpc) is 2.45. The van der Waals surface area contributed by atoms with E-state index in [9.17, 15) is 18.0 Å². The number of rotatable bonds is 2. The predicted octanol–water partition coefficient (Wildman–Crippen LogP) is 4.47. The predicted molar refractivity (Wildman–Crippen MR) is 73.0 cm³/mol. The van der Waals surface area contributed by atoms with Crippen molar-refractivity contribution in [1.82, 2.24) is 0 Å². The monoisotopic (exact) mass is 294 g/mol. The van der Waals surface area contributed by atoms with E-state index in [-0.39, 0.29) is 0 Å². The van der Waals surface area contributed by atoms with E-state index in [1.165, 1.54) is 6.07 Å². The third kappa shape index (κ3) is 3.07. The molecule has 110 valence electrons. The fourth-order valence-corrected chi connectivity index (χ4v) is 2.13. The van der Waals surface area contributed by atoms with E-state index in [0.29, 0.717) is 11.1 Å². The smallest absolute Gasteiger partial charge is 0.417 e. The van der Waals surface area contributed by atoms with Gasteiger partial charge in [-0.3, -0.25) is 0 Å². The molecule has 0 aliphatic carbocycles. The molecule has 5 heteroatoms. The third-order valence-corrected chi connectivity index (χ3v) is 3.19. The molecule has 0 aliphatic rings. The highest BCUT2D eigenvalue weighted by atomic mass is 19.4. The van der Waals surface area contributed by atoms with Gasteiger partial charge in [-0.15, -0.1) is 0 Å². The van der Waals surface area contributed by atoms with Crippen molar-refractivity contribution in [2.75, 3.05) is 7.11 Å². The van der Waals surface area contributed by atoms with Crippen molar-refractivity contribution in [3.05, 3.63) is 59.2 Å². The molecule has 0 aliphatic heterocycles. The van der Waals surface area contributed by atoms with Crippen LogP contribution in [0.3, 0.4) is 0 Å². The van der Waals surface area contributed by atoms with Crippen LogP contribution in [0.2, 0.25) is 0 Å². The molecule has 2 rings (SSSR count). The average molecular weight is 294 g/mol. The van der Waals surface area contributed by atoms with Crippen LogP contribution in [-0.2, 0) is 10.9 Å². The second kappa shape index (κ2) is 5.60. The lowest BCUT2D eigenvalue weighted by atomic mass is 9.96. The number of halogens is 3. The normalized spacial score (nSPS) is 11.3. The van der Waals surface area contributed by atoms with Crippen molar-refractivity contribution in [3.63, 3.8) is 0 Å². The summed E-state index contributed by atoms with van der Waals surface area (Å²) < 4.78 is 43.8. The summed E-state index contributed by atoms with van der Waals surface area (Å²) in [4.78, 5) is 11.5. The number of aryl methyl sites for hydroxylation is 1. The Kier molecular flexibility index (Phi) is 4.02. The van der Waals surface area contributed by atoms with Crippen LogP contribution in [0, 0.1) is 6.92 Å².